The van der Waals surface area contributed by atoms with Gasteiger partial charge in [-0.2, -0.15) is 0 Å². The van der Waals surface area contributed by atoms with Gasteiger partial charge in [0, 0.05) is 30.1 Å². The van der Waals surface area contributed by atoms with Crippen LogP contribution in [0.3, 0.4) is 0 Å². The predicted molar refractivity (Wildman–Crippen MR) is 70.0 cm³/mol. The van der Waals surface area contributed by atoms with Crippen LogP contribution in [0.1, 0.15) is 0 Å². The first-order valence-electron chi connectivity index (χ1n) is 5.61. The number of benzene rings is 1. The lowest BCUT2D eigenvalue weighted by Gasteiger charge is -2.01. The molecule has 3 aromatic rings. The molecule has 2 heterocycles. The van der Waals surface area contributed by atoms with Crippen LogP contribution in [0.4, 0.5) is 5.69 Å². The van der Waals surface area contributed by atoms with Gasteiger partial charge in [0.25, 0.3) is 11.2 Å². The highest BCUT2D eigenvalue weighted by molar-refractivity contribution is 5.71. The minimum Gasteiger partial charge on any atom is -0.305 e. The molecule has 0 aliphatic carbocycles. The van der Waals surface area contributed by atoms with Crippen LogP contribution in [-0.4, -0.2) is 24.9 Å². The van der Waals surface area contributed by atoms with E-state index in [2.05, 4.69) is 19.9 Å². The third kappa shape index (κ3) is 1.99. The Hall–Kier alpha value is -3.16. The van der Waals surface area contributed by atoms with Crippen LogP contribution < -0.4 is 5.56 Å². The second-order valence-electron chi connectivity index (χ2n) is 3.95. The number of nitro groups is 1. The molecule has 20 heavy (non-hydrogen) atoms. The van der Waals surface area contributed by atoms with Crippen molar-refractivity contribution in [1.29, 1.82) is 0 Å². The van der Waals surface area contributed by atoms with E-state index >= 15 is 0 Å². The third-order valence-corrected chi connectivity index (χ3v) is 2.70. The summed E-state index contributed by atoms with van der Waals surface area (Å²) in [6.45, 7) is 0. The van der Waals surface area contributed by atoms with Crippen molar-refractivity contribution >= 4 is 16.9 Å². The summed E-state index contributed by atoms with van der Waals surface area (Å²) in [5, 5.41) is 10.6. The van der Waals surface area contributed by atoms with E-state index in [4.69, 9.17) is 0 Å². The smallest absolute Gasteiger partial charge is 0.279 e. The highest BCUT2D eigenvalue weighted by Gasteiger charge is 2.09. The predicted octanol–water partition coefficient (Wildman–Crippen LogP) is 1.29. The molecule has 0 atom stereocenters. The molecule has 0 saturated heterocycles. The SMILES string of the molecule is O=c1[nH]c(-c2ccc([N+](=O)[O-])cc2)nc2nccnc12. The van der Waals surface area contributed by atoms with E-state index in [0.29, 0.717) is 5.56 Å². The Morgan fingerprint density at radius 1 is 1.10 bits per heavy atom. The number of hydrogen-bond donors (Lipinski definition) is 1. The van der Waals surface area contributed by atoms with E-state index in [0.717, 1.165) is 0 Å². The van der Waals surface area contributed by atoms with Gasteiger partial charge < -0.3 is 4.98 Å². The van der Waals surface area contributed by atoms with Crippen molar-refractivity contribution in [3.8, 4) is 11.4 Å². The zero-order chi connectivity index (χ0) is 14.1. The van der Waals surface area contributed by atoms with Gasteiger partial charge in [0.1, 0.15) is 5.82 Å². The number of hydrogen-bond acceptors (Lipinski definition) is 6. The van der Waals surface area contributed by atoms with Crippen LogP contribution in [0.15, 0.2) is 41.5 Å². The van der Waals surface area contributed by atoms with Crippen LogP contribution in [0, 0.1) is 10.1 Å². The minimum absolute atomic E-state index is 0.0309. The average Bonchev–Trinajstić information content (AvgIpc) is 2.47. The average molecular weight is 269 g/mol. The second kappa shape index (κ2) is 4.50. The Bertz CT molecular complexity index is 857. The zero-order valence-corrected chi connectivity index (χ0v) is 9.98. The Balaban J connectivity index is 2.14. The van der Waals surface area contributed by atoms with E-state index in [9.17, 15) is 14.9 Å². The summed E-state index contributed by atoms with van der Waals surface area (Å²) in [5.41, 5.74) is 0.496. The summed E-state index contributed by atoms with van der Waals surface area (Å²) in [4.78, 5) is 36.6. The molecule has 0 saturated carbocycles. The Kier molecular flexibility index (Phi) is 2.68. The first-order chi connectivity index (χ1) is 9.65. The quantitative estimate of drug-likeness (QED) is 0.553. The monoisotopic (exact) mass is 269 g/mol. The van der Waals surface area contributed by atoms with E-state index < -0.39 is 10.5 Å². The third-order valence-electron chi connectivity index (χ3n) is 2.70. The van der Waals surface area contributed by atoms with Crippen molar-refractivity contribution in [2.24, 2.45) is 0 Å². The zero-order valence-electron chi connectivity index (χ0n) is 9.98. The second-order valence-corrected chi connectivity index (χ2v) is 3.95. The number of non-ortho nitro benzene ring substituents is 1. The van der Waals surface area contributed by atoms with Crippen molar-refractivity contribution in [1.82, 2.24) is 19.9 Å². The lowest BCUT2D eigenvalue weighted by molar-refractivity contribution is -0.384. The molecular weight excluding hydrogens is 262 g/mol. The first kappa shape index (κ1) is 11.9. The summed E-state index contributed by atoms with van der Waals surface area (Å²) in [7, 11) is 0. The van der Waals surface area contributed by atoms with Crippen LogP contribution in [0.5, 0.6) is 0 Å². The maximum absolute atomic E-state index is 11.8. The standard InChI is InChI=1S/C12H7N5O3/c18-12-9-11(14-6-5-13-9)15-10(16-12)7-1-3-8(4-2-7)17(19)20/h1-6H,(H,14,15,16,18). The van der Waals surface area contributed by atoms with Gasteiger partial charge in [-0.25, -0.2) is 15.0 Å². The van der Waals surface area contributed by atoms with Gasteiger partial charge in [-0.05, 0) is 12.1 Å². The molecular formula is C12H7N5O3. The van der Waals surface area contributed by atoms with Crippen molar-refractivity contribution in [2.45, 2.75) is 0 Å². The summed E-state index contributed by atoms with van der Waals surface area (Å²) in [5.74, 6) is 0.290. The Labute approximate surface area is 111 Å². The number of H-pyrrole nitrogens is 1. The van der Waals surface area contributed by atoms with Crippen LogP contribution in [0.2, 0.25) is 0 Å². The number of fused-ring (bicyclic) bond motifs is 1. The molecule has 0 amide bonds. The fourth-order valence-corrected chi connectivity index (χ4v) is 1.75. The van der Waals surface area contributed by atoms with Gasteiger partial charge in [0.15, 0.2) is 11.2 Å². The molecule has 0 aliphatic heterocycles. The maximum atomic E-state index is 11.8. The summed E-state index contributed by atoms with van der Waals surface area (Å²) in [6, 6.07) is 5.71. The molecule has 0 fully saturated rings. The van der Waals surface area contributed by atoms with Gasteiger partial charge in [0.2, 0.25) is 0 Å². The topological polar surface area (TPSA) is 115 Å². The van der Waals surface area contributed by atoms with Crippen LogP contribution in [0.25, 0.3) is 22.6 Å². The first-order valence-corrected chi connectivity index (χ1v) is 5.61. The summed E-state index contributed by atoms with van der Waals surface area (Å²) >= 11 is 0. The van der Waals surface area contributed by atoms with Gasteiger partial charge in [-0.1, -0.05) is 0 Å². The van der Waals surface area contributed by atoms with Crippen molar-refractivity contribution in [3.63, 3.8) is 0 Å². The van der Waals surface area contributed by atoms with Gasteiger partial charge >= 0.3 is 0 Å². The molecule has 8 nitrogen and oxygen atoms in total. The van der Waals surface area contributed by atoms with Crippen molar-refractivity contribution in [3.05, 3.63) is 57.1 Å². The number of nitro benzene ring substituents is 1. The van der Waals surface area contributed by atoms with E-state index in [1.165, 1.54) is 36.7 Å². The van der Waals surface area contributed by atoms with Crippen LogP contribution >= 0.6 is 0 Å². The number of aromatic nitrogens is 4. The Morgan fingerprint density at radius 3 is 2.50 bits per heavy atom. The number of nitrogens with zero attached hydrogens (tertiary/aromatic N) is 4. The molecule has 8 heteroatoms. The molecule has 0 radical (unpaired) electrons. The molecule has 1 N–H and O–H groups in total. The normalized spacial score (nSPS) is 10.6. The van der Waals surface area contributed by atoms with Crippen molar-refractivity contribution in [2.75, 3.05) is 0 Å². The molecule has 0 spiro atoms. The highest BCUT2D eigenvalue weighted by atomic mass is 16.6. The van der Waals surface area contributed by atoms with E-state index in [1.807, 2.05) is 0 Å². The van der Waals surface area contributed by atoms with E-state index in [-0.39, 0.29) is 22.7 Å². The highest BCUT2D eigenvalue weighted by Crippen LogP contribution is 2.19. The minimum atomic E-state index is -0.494. The van der Waals surface area contributed by atoms with E-state index in [1.54, 1.807) is 0 Å². The molecule has 0 unspecified atom stereocenters. The fraction of sp³-hybridized carbons (Fsp3) is 0. The summed E-state index contributed by atoms with van der Waals surface area (Å²) in [6.07, 6.45) is 2.85. The van der Waals surface area contributed by atoms with Crippen LogP contribution in [-0.2, 0) is 0 Å². The van der Waals surface area contributed by atoms with Gasteiger partial charge in [-0.15, -0.1) is 0 Å². The fourth-order valence-electron chi connectivity index (χ4n) is 1.75. The number of rotatable bonds is 2. The number of nitrogens with one attached hydrogen (secondary N) is 1. The van der Waals surface area contributed by atoms with Crippen molar-refractivity contribution < 1.29 is 4.92 Å². The molecule has 1 aromatic carbocycles. The van der Waals surface area contributed by atoms with Gasteiger partial charge in [0.05, 0.1) is 4.92 Å². The molecule has 98 valence electrons. The Morgan fingerprint density at radius 2 is 1.80 bits per heavy atom. The lowest BCUT2D eigenvalue weighted by Crippen LogP contribution is -2.11. The lowest BCUT2D eigenvalue weighted by atomic mass is 10.2. The molecule has 0 aliphatic rings. The molecule has 2 aromatic heterocycles. The maximum Gasteiger partial charge on any atom is 0.279 e. The molecule has 3 rings (SSSR count). The number of aromatic amines is 1. The summed E-state index contributed by atoms with van der Waals surface area (Å²) < 4.78 is 0. The molecule has 0 bridgehead atoms. The largest absolute Gasteiger partial charge is 0.305 e. The van der Waals surface area contributed by atoms with Gasteiger partial charge in [-0.3, -0.25) is 14.9 Å².